The van der Waals surface area contributed by atoms with Crippen LogP contribution in [0.25, 0.3) is 5.69 Å². The molecular formula is C30H28ClF3N4O3S. The van der Waals surface area contributed by atoms with Gasteiger partial charge in [0.1, 0.15) is 6.54 Å². The van der Waals surface area contributed by atoms with E-state index in [9.17, 15) is 26.4 Å². The first-order chi connectivity index (χ1) is 19.7. The quantitative estimate of drug-likeness (QED) is 0.176. The molecule has 4 aromatic rings. The summed E-state index contributed by atoms with van der Waals surface area (Å²) in [6, 6.07) is 18.2. The van der Waals surface area contributed by atoms with Crippen LogP contribution in [0.5, 0.6) is 0 Å². The third kappa shape index (κ3) is 6.69. The molecular weight excluding hydrogens is 589 g/mol. The summed E-state index contributed by atoms with van der Waals surface area (Å²) in [6.07, 6.45) is -3.42. The first-order valence-corrected chi connectivity index (χ1v) is 14.5. The van der Waals surface area contributed by atoms with E-state index in [1.54, 1.807) is 19.1 Å². The second kappa shape index (κ2) is 12.0. The van der Waals surface area contributed by atoms with Gasteiger partial charge in [0.2, 0.25) is 0 Å². The summed E-state index contributed by atoms with van der Waals surface area (Å²) >= 11 is 5.75. The highest BCUT2D eigenvalue weighted by Gasteiger charge is 2.35. The molecule has 0 spiro atoms. The molecule has 1 aromatic heterocycles. The van der Waals surface area contributed by atoms with Crippen LogP contribution in [0.1, 0.15) is 33.6 Å². The molecule has 0 atom stereocenters. The van der Waals surface area contributed by atoms with Gasteiger partial charge < -0.3 is 4.57 Å². The number of hydrogen-bond acceptors (Lipinski definition) is 4. The molecule has 0 saturated carbocycles. The van der Waals surface area contributed by atoms with Crippen LogP contribution < -0.4 is 9.73 Å². The largest absolute Gasteiger partial charge is 0.417 e. The average Bonchev–Trinajstić information content (AvgIpc) is 3.19. The van der Waals surface area contributed by atoms with Gasteiger partial charge in [0.05, 0.1) is 27.4 Å². The van der Waals surface area contributed by atoms with Gasteiger partial charge in [-0.3, -0.25) is 9.10 Å². The van der Waals surface area contributed by atoms with Crippen molar-refractivity contribution in [1.82, 2.24) is 9.99 Å². The van der Waals surface area contributed by atoms with Crippen molar-refractivity contribution in [2.45, 2.75) is 38.8 Å². The van der Waals surface area contributed by atoms with Crippen molar-refractivity contribution >= 4 is 39.4 Å². The molecule has 4 rings (SSSR count). The Balaban J connectivity index is 1.62. The molecule has 0 radical (unpaired) electrons. The molecule has 3 aromatic carbocycles. The van der Waals surface area contributed by atoms with E-state index < -0.39 is 39.2 Å². The van der Waals surface area contributed by atoms with Crippen LogP contribution >= 0.6 is 11.6 Å². The number of carbonyl (C=O) groups is 1. The zero-order valence-electron chi connectivity index (χ0n) is 23.2. The maximum atomic E-state index is 13.6. The van der Waals surface area contributed by atoms with Gasteiger partial charge in [0, 0.05) is 22.6 Å². The normalized spacial score (nSPS) is 12.1. The summed E-state index contributed by atoms with van der Waals surface area (Å²) in [4.78, 5) is 12.7. The molecule has 0 aliphatic carbocycles. The maximum absolute atomic E-state index is 13.6. The van der Waals surface area contributed by atoms with Gasteiger partial charge in [-0.25, -0.2) is 13.8 Å². The van der Waals surface area contributed by atoms with Crippen molar-refractivity contribution in [3.63, 3.8) is 0 Å². The van der Waals surface area contributed by atoms with Crippen LogP contribution in [-0.2, 0) is 21.0 Å². The number of benzene rings is 3. The molecule has 0 bridgehead atoms. The number of anilines is 1. The van der Waals surface area contributed by atoms with Crippen LogP contribution in [0.15, 0.2) is 82.8 Å². The highest BCUT2D eigenvalue weighted by molar-refractivity contribution is 7.92. The van der Waals surface area contributed by atoms with Crippen LogP contribution in [-0.4, -0.2) is 31.7 Å². The summed E-state index contributed by atoms with van der Waals surface area (Å²) in [5.74, 6) is -0.863. The van der Waals surface area contributed by atoms with Crippen molar-refractivity contribution < 1.29 is 26.4 Å². The molecule has 1 heterocycles. The molecule has 12 heteroatoms. The number of sulfonamides is 1. The zero-order chi connectivity index (χ0) is 30.8. The lowest BCUT2D eigenvalue weighted by molar-refractivity contribution is -0.137. The molecule has 0 fully saturated rings. The Morgan fingerprint density at radius 3 is 2.31 bits per heavy atom. The number of aryl methyl sites for hydroxylation is 3. The Morgan fingerprint density at radius 1 is 0.976 bits per heavy atom. The van der Waals surface area contributed by atoms with Crippen molar-refractivity contribution in [2.75, 3.05) is 10.8 Å². The lowest BCUT2D eigenvalue weighted by Gasteiger charge is -2.25. The molecule has 0 saturated heterocycles. The Morgan fingerprint density at radius 2 is 1.67 bits per heavy atom. The first-order valence-electron chi connectivity index (χ1n) is 12.7. The van der Waals surface area contributed by atoms with Gasteiger partial charge in [-0.05, 0) is 81.8 Å². The molecule has 1 amide bonds. The summed E-state index contributed by atoms with van der Waals surface area (Å²) in [5, 5.41) is 3.39. The topological polar surface area (TPSA) is 83.8 Å². The number of halogens is 4. The fourth-order valence-corrected chi connectivity index (χ4v) is 6.10. The minimum absolute atomic E-state index is 0.198. The minimum Gasteiger partial charge on any atom is -0.318 e. The van der Waals surface area contributed by atoms with Crippen LogP contribution in [0, 0.1) is 27.7 Å². The van der Waals surface area contributed by atoms with Crippen LogP contribution in [0.3, 0.4) is 0 Å². The smallest absolute Gasteiger partial charge is 0.318 e. The van der Waals surface area contributed by atoms with Gasteiger partial charge in [-0.2, -0.15) is 18.3 Å². The molecule has 0 aliphatic heterocycles. The van der Waals surface area contributed by atoms with E-state index in [1.165, 1.54) is 18.3 Å². The molecule has 42 heavy (non-hydrogen) atoms. The molecule has 7 nitrogen and oxygen atoms in total. The standard InChI is InChI=1S/C30H28ClF3N4O3S/c1-19-8-11-26(12-9-19)42(40,41)37(24-10-13-28(31)27(16-24)30(32,33)34)18-29(39)36-35-17-23-15-21(3)38(22(23)4)25-7-5-6-20(2)14-25/h5-17H,18H2,1-4H3,(H,36,39)/b35-17-. The first kappa shape index (κ1) is 30.9. The summed E-state index contributed by atoms with van der Waals surface area (Å²) in [6.45, 7) is 6.74. The molecule has 1 N–H and O–H groups in total. The SMILES string of the molecule is Cc1ccc(S(=O)(=O)N(CC(=O)N/N=C\c2cc(C)n(-c3cccc(C)c3)c2C)c2ccc(Cl)c(C(F)(F)F)c2)cc1. The number of hydrogen-bond donors (Lipinski definition) is 1. The van der Waals surface area contributed by atoms with Gasteiger partial charge in [0.25, 0.3) is 15.9 Å². The van der Waals surface area contributed by atoms with Gasteiger partial charge in [0.15, 0.2) is 0 Å². The van der Waals surface area contributed by atoms with Crippen LogP contribution in [0.4, 0.5) is 18.9 Å². The van der Waals surface area contributed by atoms with E-state index in [0.29, 0.717) is 15.9 Å². The third-order valence-corrected chi connectivity index (χ3v) is 8.68. The van der Waals surface area contributed by atoms with Crippen LogP contribution in [0.2, 0.25) is 5.02 Å². The minimum atomic E-state index is -4.84. The van der Waals surface area contributed by atoms with Crippen molar-refractivity contribution in [1.29, 1.82) is 0 Å². The number of amides is 1. The fraction of sp³-hybridized carbons (Fsp3) is 0.200. The Bertz CT molecular complexity index is 1770. The van der Waals surface area contributed by atoms with Gasteiger partial charge in [-0.1, -0.05) is 41.4 Å². The highest BCUT2D eigenvalue weighted by atomic mass is 35.5. The van der Waals surface area contributed by atoms with E-state index in [2.05, 4.69) is 10.5 Å². The van der Waals surface area contributed by atoms with E-state index in [4.69, 9.17) is 11.6 Å². The predicted octanol–water partition coefficient (Wildman–Crippen LogP) is 6.73. The monoisotopic (exact) mass is 616 g/mol. The second-order valence-corrected chi connectivity index (χ2v) is 12.1. The third-order valence-electron chi connectivity index (χ3n) is 6.56. The average molecular weight is 617 g/mol. The number of alkyl halides is 3. The molecule has 220 valence electrons. The van der Waals surface area contributed by atoms with Crippen molar-refractivity contribution in [3.8, 4) is 5.69 Å². The Labute approximate surface area is 247 Å². The number of aromatic nitrogens is 1. The van der Waals surface area contributed by atoms with E-state index >= 15 is 0 Å². The van der Waals surface area contributed by atoms with Gasteiger partial charge >= 0.3 is 6.18 Å². The summed E-state index contributed by atoms with van der Waals surface area (Å²) in [7, 11) is -4.45. The lowest BCUT2D eigenvalue weighted by Crippen LogP contribution is -2.39. The Kier molecular flexibility index (Phi) is 8.84. The number of carbonyl (C=O) groups excluding carboxylic acids is 1. The Hall–Kier alpha value is -4.09. The molecule has 0 aliphatic rings. The van der Waals surface area contributed by atoms with Crippen molar-refractivity contribution in [3.05, 3.63) is 111 Å². The predicted molar refractivity (Wildman–Crippen MR) is 158 cm³/mol. The zero-order valence-corrected chi connectivity index (χ0v) is 24.8. The van der Waals surface area contributed by atoms with Crippen molar-refractivity contribution in [2.24, 2.45) is 5.10 Å². The number of rotatable bonds is 8. The number of hydrazone groups is 1. The summed E-state index contributed by atoms with van der Waals surface area (Å²) in [5.41, 5.74) is 6.03. The van der Waals surface area contributed by atoms with E-state index in [-0.39, 0.29) is 10.6 Å². The lowest BCUT2D eigenvalue weighted by atomic mass is 10.2. The van der Waals surface area contributed by atoms with E-state index in [0.717, 1.165) is 40.3 Å². The second-order valence-electron chi connectivity index (χ2n) is 9.78. The fourth-order valence-electron chi connectivity index (χ4n) is 4.46. The van der Waals surface area contributed by atoms with E-state index in [1.807, 2.05) is 55.7 Å². The maximum Gasteiger partial charge on any atom is 0.417 e. The van der Waals surface area contributed by atoms with Gasteiger partial charge in [-0.15, -0.1) is 0 Å². The summed E-state index contributed by atoms with van der Waals surface area (Å²) < 4.78 is 70.5. The number of nitrogens with zero attached hydrogens (tertiary/aromatic N) is 3. The molecule has 0 unspecified atom stereocenters. The highest BCUT2D eigenvalue weighted by Crippen LogP contribution is 2.38. The number of nitrogens with one attached hydrogen (secondary N) is 1.